The first-order valence-corrected chi connectivity index (χ1v) is 10.0. The van der Waals surface area contributed by atoms with Gasteiger partial charge in [-0.05, 0) is 37.7 Å². The summed E-state index contributed by atoms with van der Waals surface area (Å²) in [4.78, 5) is 4.74. The highest BCUT2D eigenvalue weighted by atomic mass is 16.5. The molecule has 1 aliphatic rings. The number of hydrogen-bond acceptors (Lipinski definition) is 4. The molecule has 0 saturated heterocycles. The van der Waals surface area contributed by atoms with Crippen molar-refractivity contribution in [3.8, 4) is 11.5 Å². The second kappa shape index (κ2) is 11.0. The van der Waals surface area contributed by atoms with Crippen LogP contribution in [-0.2, 0) is 6.54 Å². The third-order valence-corrected chi connectivity index (χ3v) is 5.42. The molecular weight excluding hydrogens is 342 g/mol. The minimum atomic E-state index is 0.177. The van der Waals surface area contributed by atoms with Crippen molar-refractivity contribution in [2.45, 2.75) is 52.0 Å². The zero-order valence-corrected chi connectivity index (χ0v) is 17.0. The summed E-state index contributed by atoms with van der Waals surface area (Å²) in [5.41, 5.74) is 1.16. The van der Waals surface area contributed by atoms with Crippen LogP contribution in [0.4, 0.5) is 0 Å². The Hall–Kier alpha value is -1.95. The average Bonchev–Trinajstić information content (AvgIpc) is 2.70. The number of ether oxygens (including phenoxy) is 2. The van der Waals surface area contributed by atoms with Gasteiger partial charge in [-0.1, -0.05) is 31.4 Å². The number of hydrogen-bond donors (Lipinski definition) is 3. The molecule has 0 aliphatic heterocycles. The number of nitrogens with zero attached hydrogens (tertiary/aromatic N) is 1. The van der Waals surface area contributed by atoms with Crippen LogP contribution in [-0.4, -0.2) is 45.0 Å². The first kappa shape index (κ1) is 21.4. The first-order valence-electron chi connectivity index (χ1n) is 10.0. The number of guanidine groups is 1. The molecule has 0 heterocycles. The van der Waals surface area contributed by atoms with Gasteiger partial charge in [0.15, 0.2) is 17.5 Å². The molecule has 1 saturated carbocycles. The Kier molecular flexibility index (Phi) is 8.72. The Balaban J connectivity index is 2.08. The van der Waals surface area contributed by atoms with E-state index in [0.29, 0.717) is 12.3 Å². The highest BCUT2D eigenvalue weighted by Crippen LogP contribution is 2.38. The van der Waals surface area contributed by atoms with Gasteiger partial charge in [-0.25, -0.2) is 4.99 Å². The summed E-state index contributed by atoms with van der Waals surface area (Å²) in [6.45, 7) is 4.45. The van der Waals surface area contributed by atoms with Crippen LogP contribution in [0.3, 0.4) is 0 Å². The average molecular weight is 378 g/mol. The van der Waals surface area contributed by atoms with E-state index in [1.165, 1.54) is 32.1 Å². The molecule has 0 aromatic heterocycles. The van der Waals surface area contributed by atoms with E-state index in [2.05, 4.69) is 17.6 Å². The van der Waals surface area contributed by atoms with Crippen molar-refractivity contribution < 1.29 is 14.6 Å². The van der Waals surface area contributed by atoms with Crippen molar-refractivity contribution in [3.05, 3.63) is 23.8 Å². The molecular formula is C21H35N3O3. The van der Waals surface area contributed by atoms with E-state index >= 15 is 0 Å². The topological polar surface area (TPSA) is 75.1 Å². The molecule has 0 amide bonds. The van der Waals surface area contributed by atoms with Gasteiger partial charge in [0.05, 0.1) is 20.8 Å². The van der Waals surface area contributed by atoms with Gasteiger partial charge in [0.25, 0.3) is 0 Å². The van der Waals surface area contributed by atoms with E-state index in [4.69, 9.17) is 14.5 Å². The molecule has 3 N–H and O–H groups in total. The van der Waals surface area contributed by atoms with Gasteiger partial charge >= 0.3 is 0 Å². The Bertz CT molecular complexity index is 593. The highest BCUT2D eigenvalue weighted by Gasteiger charge is 2.31. The predicted molar refractivity (Wildman–Crippen MR) is 110 cm³/mol. The van der Waals surface area contributed by atoms with E-state index in [-0.39, 0.29) is 12.0 Å². The van der Waals surface area contributed by atoms with Crippen molar-refractivity contribution in [1.82, 2.24) is 10.6 Å². The Morgan fingerprint density at radius 2 is 1.93 bits per heavy atom. The monoisotopic (exact) mass is 377 g/mol. The SMILES string of the molecule is CCNC(=NCc1cccc(OC)c1OC)NCC1(CCO)CCCCC1. The highest BCUT2D eigenvalue weighted by molar-refractivity contribution is 5.79. The van der Waals surface area contributed by atoms with Crippen LogP contribution in [0.5, 0.6) is 11.5 Å². The fourth-order valence-electron chi connectivity index (χ4n) is 3.91. The summed E-state index contributed by atoms with van der Waals surface area (Å²) in [7, 11) is 3.29. The van der Waals surface area contributed by atoms with Crippen molar-refractivity contribution in [2.24, 2.45) is 10.4 Å². The molecule has 0 unspecified atom stereocenters. The summed E-state index contributed by atoms with van der Waals surface area (Å²) >= 11 is 0. The van der Waals surface area contributed by atoms with Gasteiger partial charge in [0.1, 0.15) is 0 Å². The summed E-state index contributed by atoms with van der Waals surface area (Å²) in [5, 5.41) is 16.3. The van der Waals surface area contributed by atoms with E-state index in [0.717, 1.165) is 36.8 Å². The molecule has 152 valence electrons. The Morgan fingerprint density at radius 3 is 2.56 bits per heavy atom. The third kappa shape index (κ3) is 6.03. The molecule has 1 aromatic carbocycles. The maximum atomic E-state index is 9.51. The Labute approximate surface area is 163 Å². The first-order chi connectivity index (χ1) is 13.2. The van der Waals surface area contributed by atoms with Gasteiger partial charge in [-0.15, -0.1) is 0 Å². The molecule has 0 atom stereocenters. The van der Waals surface area contributed by atoms with E-state index in [1.54, 1.807) is 14.2 Å². The zero-order chi connectivity index (χ0) is 19.5. The van der Waals surface area contributed by atoms with Crippen LogP contribution in [0.2, 0.25) is 0 Å². The largest absolute Gasteiger partial charge is 0.493 e. The smallest absolute Gasteiger partial charge is 0.191 e. The van der Waals surface area contributed by atoms with E-state index in [9.17, 15) is 5.11 Å². The molecule has 1 fully saturated rings. The maximum Gasteiger partial charge on any atom is 0.191 e. The molecule has 6 nitrogen and oxygen atoms in total. The zero-order valence-electron chi connectivity index (χ0n) is 17.0. The van der Waals surface area contributed by atoms with Crippen LogP contribution < -0.4 is 20.1 Å². The van der Waals surface area contributed by atoms with Gasteiger partial charge in [0.2, 0.25) is 0 Å². The van der Waals surface area contributed by atoms with Gasteiger partial charge in [0, 0.05) is 25.3 Å². The van der Waals surface area contributed by atoms with E-state index in [1.807, 2.05) is 18.2 Å². The molecule has 0 spiro atoms. The number of para-hydroxylation sites is 1. The molecule has 2 rings (SSSR count). The fourth-order valence-corrected chi connectivity index (χ4v) is 3.91. The van der Waals surface area contributed by atoms with Crippen molar-refractivity contribution >= 4 is 5.96 Å². The molecule has 27 heavy (non-hydrogen) atoms. The maximum absolute atomic E-state index is 9.51. The van der Waals surface area contributed by atoms with Crippen molar-refractivity contribution in [1.29, 1.82) is 0 Å². The summed E-state index contributed by atoms with van der Waals surface area (Å²) in [6.07, 6.45) is 6.99. The van der Waals surface area contributed by atoms with Gasteiger partial charge in [-0.2, -0.15) is 0 Å². The van der Waals surface area contributed by atoms with Crippen LogP contribution in [0.25, 0.3) is 0 Å². The number of nitrogens with one attached hydrogen (secondary N) is 2. The number of aliphatic hydroxyl groups is 1. The lowest BCUT2D eigenvalue weighted by Crippen LogP contribution is -2.44. The molecule has 0 bridgehead atoms. The summed E-state index contributed by atoms with van der Waals surface area (Å²) in [5.74, 6) is 2.24. The van der Waals surface area contributed by atoms with E-state index < -0.39 is 0 Å². The fraction of sp³-hybridized carbons (Fsp3) is 0.667. The minimum Gasteiger partial charge on any atom is -0.493 e. The van der Waals surface area contributed by atoms with Crippen LogP contribution in [0.1, 0.15) is 51.0 Å². The minimum absolute atomic E-state index is 0.177. The predicted octanol–water partition coefficient (Wildman–Crippen LogP) is 3.09. The van der Waals surface area contributed by atoms with Crippen LogP contribution >= 0.6 is 0 Å². The molecule has 0 radical (unpaired) electrons. The molecule has 6 heteroatoms. The molecule has 1 aromatic rings. The van der Waals surface area contributed by atoms with Gasteiger partial charge < -0.3 is 25.2 Å². The van der Waals surface area contributed by atoms with Gasteiger partial charge in [-0.3, -0.25) is 0 Å². The van der Waals surface area contributed by atoms with Crippen LogP contribution in [0.15, 0.2) is 23.2 Å². The lowest BCUT2D eigenvalue weighted by molar-refractivity contribution is 0.131. The lowest BCUT2D eigenvalue weighted by Gasteiger charge is -2.37. The number of aliphatic hydroxyl groups excluding tert-OH is 1. The number of benzene rings is 1. The second-order valence-corrected chi connectivity index (χ2v) is 7.24. The normalized spacial score (nSPS) is 16.7. The van der Waals surface area contributed by atoms with Crippen molar-refractivity contribution in [3.63, 3.8) is 0 Å². The second-order valence-electron chi connectivity index (χ2n) is 7.24. The summed E-state index contributed by atoms with van der Waals surface area (Å²) in [6, 6.07) is 5.84. The van der Waals surface area contributed by atoms with Crippen LogP contribution in [0, 0.1) is 5.41 Å². The number of rotatable bonds is 9. The number of methoxy groups -OCH3 is 2. The molecule has 1 aliphatic carbocycles. The standard InChI is InChI=1S/C21H35N3O3/c1-4-22-20(24-16-21(13-14-25)11-6-5-7-12-21)23-15-17-9-8-10-18(26-2)19(17)27-3/h8-10,25H,4-7,11-16H2,1-3H3,(H2,22,23,24). The summed E-state index contributed by atoms with van der Waals surface area (Å²) < 4.78 is 10.9. The third-order valence-electron chi connectivity index (χ3n) is 5.42. The lowest BCUT2D eigenvalue weighted by atomic mass is 9.72. The Morgan fingerprint density at radius 1 is 1.15 bits per heavy atom. The quantitative estimate of drug-likeness (QED) is 0.455. The van der Waals surface area contributed by atoms with Crippen molar-refractivity contribution in [2.75, 3.05) is 33.9 Å². The number of aliphatic imine (C=N–C) groups is 1.